The van der Waals surface area contributed by atoms with Gasteiger partial charge in [0.1, 0.15) is 5.69 Å². The van der Waals surface area contributed by atoms with Crippen molar-refractivity contribution in [3.05, 3.63) is 60.0 Å². The molecule has 1 amide bonds. The van der Waals surface area contributed by atoms with Crippen molar-refractivity contribution >= 4 is 11.6 Å². The summed E-state index contributed by atoms with van der Waals surface area (Å²) in [5.74, 6) is 0.335. The van der Waals surface area contributed by atoms with Crippen molar-refractivity contribution in [3.63, 3.8) is 0 Å². The first-order valence-corrected chi connectivity index (χ1v) is 9.68. The number of hydrogen-bond donors (Lipinski definition) is 1. The van der Waals surface area contributed by atoms with Crippen molar-refractivity contribution in [3.8, 4) is 23.1 Å². The Morgan fingerprint density at radius 2 is 2.00 bits per heavy atom. The van der Waals surface area contributed by atoms with Gasteiger partial charge in [0, 0.05) is 44.2 Å². The minimum absolute atomic E-state index is 0.112. The summed E-state index contributed by atoms with van der Waals surface area (Å²) >= 11 is 0. The summed E-state index contributed by atoms with van der Waals surface area (Å²) in [5.41, 5.74) is 4.23. The van der Waals surface area contributed by atoms with Crippen molar-refractivity contribution in [2.45, 2.75) is 12.5 Å². The molecular formula is C22H22N6O2. The monoisotopic (exact) mass is 402 g/mol. The lowest BCUT2D eigenvalue weighted by Gasteiger charge is -2.31. The van der Waals surface area contributed by atoms with Gasteiger partial charge in [-0.2, -0.15) is 10.4 Å². The fraction of sp³-hybridized carbons (Fsp3) is 0.273. The first-order valence-electron chi connectivity index (χ1n) is 9.68. The Labute approximate surface area is 174 Å². The number of likely N-dealkylation sites (N-methyl/N-ethyl adjacent to an activating group) is 1. The fourth-order valence-electron chi connectivity index (χ4n) is 3.36. The predicted molar refractivity (Wildman–Crippen MR) is 112 cm³/mol. The number of nitrogens with zero attached hydrogens (tertiary/aromatic N) is 5. The third-order valence-corrected chi connectivity index (χ3v) is 5.09. The molecule has 0 aliphatic carbocycles. The minimum atomic E-state index is -0.625. The van der Waals surface area contributed by atoms with Gasteiger partial charge in [-0.25, -0.2) is 4.98 Å². The molecule has 1 aromatic carbocycles. The van der Waals surface area contributed by atoms with E-state index in [0.29, 0.717) is 30.2 Å². The lowest BCUT2D eigenvalue weighted by molar-refractivity contribution is -0.126. The Balaban J connectivity index is 1.37. The van der Waals surface area contributed by atoms with E-state index in [9.17, 15) is 4.79 Å². The number of hydrogen-bond acceptors (Lipinski definition) is 6. The van der Waals surface area contributed by atoms with Crippen molar-refractivity contribution in [2.24, 2.45) is 7.05 Å². The van der Waals surface area contributed by atoms with Crippen molar-refractivity contribution in [2.75, 3.05) is 25.0 Å². The number of aromatic nitrogens is 3. The van der Waals surface area contributed by atoms with E-state index in [2.05, 4.69) is 21.5 Å². The van der Waals surface area contributed by atoms with Crippen LogP contribution in [0.3, 0.4) is 0 Å². The van der Waals surface area contributed by atoms with E-state index in [-0.39, 0.29) is 5.91 Å². The van der Waals surface area contributed by atoms with Gasteiger partial charge in [0.2, 0.25) is 5.88 Å². The van der Waals surface area contributed by atoms with Gasteiger partial charge in [-0.1, -0.05) is 12.1 Å². The maximum Gasteiger partial charge on any atom is 0.269 e. The van der Waals surface area contributed by atoms with Crippen LogP contribution in [0, 0.1) is 11.3 Å². The van der Waals surface area contributed by atoms with Crippen LogP contribution in [-0.2, 0) is 18.3 Å². The van der Waals surface area contributed by atoms with Gasteiger partial charge in [-0.3, -0.25) is 9.48 Å². The maximum absolute atomic E-state index is 12.8. The highest BCUT2D eigenvalue weighted by molar-refractivity contribution is 5.99. The van der Waals surface area contributed by atoms with Crippen LogP contribution in [0.25, 0.3) is 11.1 Å². The topological polar surface area (TPSA) is 96.1 Å². The highest BCUT2D eigenvalue weighted by Crippen LogP contribution is 2.34. The summed E-state index contributed by atoms with van der Waals surface area (Å²) in [6.45, 7) is 1.09. The molecule has 0 radical (unpaired) electrons. The van der Waals surface area contributed by atoms with Crippen LogP contribution in [0.2, 0.25) is 0 Å². The van der Waals surface area contributed by atoms with Crippen molar-refractivity contribution in [1.29, 1.82) is 5.26 Å². The van der Waals surface area contributed by atoms with E-state index in [0.717, 1.165) is 23.1 Å². The van der Waals surface area contributed by atoms with Gasteiger partial charge in [0.25, 0.3) is 5.91 Å². The number of nitriles is 1. The number of rotatable bonds is 6. The number of ether oxygens (including phenoxy) is 1. The van der Waals surface area contributed by atoms with Crippen LogP contribution in [-0.4, -0.2) is 46.9 Å². The number of aryl methyl sites for hydroxylation is 1. The normalized spacial score (nSPS) is 15.4. The Morgan fingerprint density at radius 3 is 2.70 bits per heavy atom. The summed E-state index contributed by atoms with van der Waals surface area (Å²) in [7, 11) is 3.59. The standard InChI is InChI=1S/C22H22N6O2/c1-27-14-18(12-26-27)17-9-19-21(25-11-17)30-20(22(29)28(19)2)13-24-8-7-15-3-5-16(10-23)6-4-15/h3-6,9,11-12,14,20,24H,7-8,13H2,1-2H3. The molecule has 152 valence electrons. The smallest absolute Gasteiger partial charge is 0.269 e. The van der Waals surface area contributed by atoms with Gasteiger partial charge in [0.05, 0.1) is 17.8 Å². The third kappa shape index (κ3) is 4.02. The molecule has 3 aromatic rings. The van der Waals surface area contributed by atoms with Crippen molar-refractivity contribution < 1.29 is 9.53 Å². The number of amides is 1. The summed E-state index contributed by atoms with van der Waals surface area (Å²) < 4.78 is 7.59. The van der Waals surface area contributed by atoms with E-state index >= 15 is 0 Å². The summed E-state index contributed by atoms with van der Waals surface area (Å²) in [5, 5.41) is 16.3. The third-order valence-electron chi connectivity index (χ3n) is 5.09. The van der Waals surface area contributed by atoms with E-state index in [1.807, 2.05) is 31.4 Å². The van der Waals surface area contributed by atoms with Crippen LogP contribution in [0.15, 0.2) is 48.9 Å². The molecule has 1 N–H and O–H groups in total. The largest absolute Gasteiger partial charge is 0.461 e. The quantitative estimate of drug-likeness (QED) is 0.633. The molecule has 0 fully saturated rings. The molecule has 0 saturated carbocycles. The van der Waals surface area contributed by atoms with Crippen LogP contribution < -0.4 is 15.0 Å². The molecule has 2 aromatic heterocycles. The van der Waals surface area contributed by atoms with Gasteiger partial charge < -0.3 is 15.0 Å². The first-order chi connectivity index (χ1) is 14.5. The van der Waals surface area contributed by atoms with Gasteiger partial charge in [-0.15, -0.1) is 0 Å². The van der Waals surface area contributed by atoms with E-state index in [1.54, 1.807) is 41.2 Å². The molecule has 1 aliphatic rings. The van der Waals surface area contributed by atoms with Gasteiger partial charge in [-0.05, 0) is 36.7 Å². The number of benzene rings is 1. The average molecular weight is 402 g/mol. The number of fused-ring (bicyclic) bond motifs is 1. The minimum Gasteiger partial charge on any atom is -0.461 e. The maximum atomic E-state index is 12.8. The van der Waals surface area contributed by atoms with Crippen molar-refractivity contribution in [1.82, 2.24) is 20.1 Å². The Kier molecular flexibility index (Phi) is 5.46. The molecular weight excluding hydrogens is 380 g/mol. The number of carbonyl (C=O) groups is 1. The molecule has 8 nitrogen and oxygen atoms in total. The zero-order valence-electron chi connectivity index (χ0n) is 16.9. The Bertz CT molecular complexity index is 1100. The number of nitrogens with one attached hydrogen (secondary N) is 1. The molecule has 30 heavy (non-hydrogen) atoms. The fourth-order valence-corrected chi connectivity index (χ4v) is 3.36. The highest BCUT2D eigenvalue weighted by Gasteiger charge is 2.33. The first kappa shape index (κ1) is 19.6. The van der Waals surface area contributed by atoms with E-state index in [4.69, 9.17) is 10.00 Å². The molecule has 1 aliphatic heterocycles. The molecule has 1 atom stereocenters. The van der Waals surface area contributed by atoms with Gasteiger partial charge >= 0.3 is 0 Å². The molecule has 0 bridgehead atoms. The van der Waals surface area contributed by atoms with E-state index < -0.39 is 6.10 Å². The number of anilines is 1. The highest BCUT2D eigenvalue weighted by atomic mass is 16.5. The van der Waals surface area contributed by atoms with Crippen LogP contribution in [0.4, 0.5) is 5.69 Å². The lowest BCUT2D eigenvalue weighted by atomic mass is 10.1. The van der Waals surface area contributed by atoms with Gasteiger partial charge in [0.15, 0.2) is 6.10 Å². The molecule has 8 heteroatoms. The molecule has 3 heterocycles. The Morgan fingerprint density at radius 1 is 1.20 bits per heavy atom. The average Bonchev–Trinajstić information content (AvgIpc) is 3.21. The molecule has 0 spiro atoms. The van der Waals surface area contributed by atoms with Crippen LogP contribution in [0.5, 0.6) is 5.88 Å². The second-order valence-corrected chi connectivity index (χ2v) is 7.22. The Hall–Kier alpha value is -3.70. The lowest BCUT2D eigenvalue weighted by Crippen LogP contribution is -2.49. The number of pyridine rings is 1. The van der Waals surface area contributed by atoms with Crippen LogP contribution in [0.1, 0.15) is 11.1 Å². The van der Waals surface area contributed by atoms with E-state index in [1.165, 1.54) is 0 Å². The molecule has 1 unspecified atom stereocenters. The second kappa shape index (κ2) is 8.35. The second-order valence-electron chi connectivity index (χ2n) is 7.22. The number of carbonyl (C=O) groups excluding carboxylic acids is 1. The SMILES string of the molecule is CN1C(=O)C(CNCCc2ccc(C#N)cc2)Oc2ncc(-c3cnn(C)c3)cc21. The summed E-state index contributed by atoms with van der Waals surface area (Å²) in [4.78, 5) is 18.8. The summed E-state index contributed by atoms with van der Waals surface area (Å²) in [6.07, 6.45) is 5.56. The molecule has 0 saturated heterocycles. The van der Waals surface area contributed by atoms with Crippen LogP contribution >= 0.6 is 0 Å². The predicted octanol–water partition coefficient (Wildman–Crippen LogP) is 1.91. The zero-order valence-corrected chi connectivity index (χ0v) is 16.9. The summed E-state index contributed by atoms with van der Waals surface area (Å²) in [6, 6.07) is 11.5. The molecule has 4 rings (SSSR count). The zero-order chi connectivity index (χ0) is 21.1.